The first-order chi connectivity index (χ1) is 2.89. The van der Waals surface area contributed by atoms with Crippen LogP contribution in [0, 0.1) is 0 Å². The average molecular weight is 196 g/mol. The van der Waals surface area contributed by atoms with Crippen molar-refractivity contribution < 1.29 is 21.1 Å². The molecule has 3 heteroatoms. The normalized spacial score (nSPS) is 34.7. The van der Waals surface area contributed by atoms with Crippen LogP contribution >= 0.6 is 11.8 Å². The van der Waals surface area contributed by atoms with Crippen LogP contribution in [0.4, 0.5) is 0 Å². The molecule has 1 unspecified atom stereocenters. The van der Waals surface area contributed by atoms with E-state index in [2.05, 4.69) is 26.4 Å². The molecule has 0 aliphatic carbocycles. The Bertz CT molecular complexity index is 44.1. The van der Waals surface area contributed by atoms with Gasteiger partial charge >= 0.3 is 54.0 Å². The quantitative estimate of drug-likeness (QED) is 0.553. The molecule has 1 N–H and O–H groups in total. The van der Waals surface area contributed by atoms with Gasteiger partial charge in [-0.1, -0.05) is 0 Å². The molecule has 1 aliphatic heterocycles. The standard InChI is InChI=1S/C3H6NS.Ag/c1-2-5-3-4-1;/h3-4H,1-2H2;. The summed E-state index contributed by atoms with van der Waals surface area (Å²) in [5, 5.41) is 3.20. The third-order valence-electron chi connectivity index (χ3n) is 0.643. The second-order valence-electron chi connectivity index (χ2n) is 1.10. The van der Waals surface area contributed by atoms with Gasteiger partial charge in [-0.25, -0.2) is 0 Å². The van der Waals surface area contributed by atoms with Gasteiger partial charge in [-0.15, -0.1) is 0 Å². The Hall–Kier alpha value is 1.05. The van der Waals surface area contributed by atoms with Gasteiger partial charge in [0.05, 0.1) is 0 Å². The molecule has 1 atom stereocenters. The predicted octanol–water partition coefficient (Wildman–Crippen LogP) is 0.153. The summed E-state index contributed by atoms with van der Waals surface area (Å²) in [6.45, 7) is 1.15. The molecule has 1 nitrogen and oxygen atoms in total. The Morgan fingerprint density at radius 1 is 1.83 bits per heavy atom. The van der Waals surface area contributed by atoms with Crippen molar-refractivity contribution in [2.45, 2.75) is 3.59 Å². The van der Waals surface area contributed by atoms with E-state index in [1.807, 2.05) is 11.8 Å². The van der Waals surface area contributed by atoms with Crippen molar-refractivity contribution in [1.29, 1.82) is 0 Å². The average Bonchev–Trinajstić information content (AvgIpc) is 1.86. The summed E-state index contributed by atoms with van der Waals surface area (Å²) in [7, 11) is 0. The maximum atomic E-state index is 3.41. The van der Waals surface area contributed by atoms with E-state index in [-0.39, 0.29) is 0 Å². The van der Waals surface area contributed by atoms with Crippen molar-refractivity contribution in [1.82, 2.24) is 5.32 Å². The molecule has 0 bridgehead atoms. The second kappa shape index (κ2) is 2.38. The molecular formula is C3H6AgNS. The summed E-state index contributed by atoms with van der Waals surface area (Å²) in [4.78, 5) is 0. The van der Waals surface area contributed by atoms with Crippen molar-refractivity contribution in [2.75, 3.05) is 12.3 Å². The summed E-state index contributed by atoms with van der Waals surface area (Å²) in [5.74, 6) is 1.25. The van der Waals surface area contributed by atoms with Gasteiger partial charge in [-0.3, -0.25) is 0 Å². The maximum absolute atomic E-state index is 3.41. The Balaban J connectivity index is 2.18. The van der Waals surface area contributed by atoms with Crippen LogP contribution in [0.5, 0.6) is 0 Å². The Kier molecular flexibility index (Phi) is 2.06. The Morgan fingerprint density at radius 2 is 2.67 bits per heavy atom. The molecule has 0 saturated carbocycles. The minimum absolute atomic E-state index is 0.523. The fraction of sp³-hybridized carbons (Fsp3) is 1.00. The molecule has 0 amide bonds. The van der Waals surface area contributed by atoms with Gasteiger partial charge in [0, 0.05) is 0 Å². The van der Waals surface area contributed by atoms with E-state index in [1.54, 1.807) is 0 Å². The van der Waals surface area contributed by atoms with Crippen LogP contribution in [0.2, 0.25) is 0 Å². The molecule has 0 aromatic heterocycles. The number of hydrogen-bond donors (Lipinski definition) is 1. The van der Waals surface area contributed by atoms with Gasteiger partial charge < -0.3 is 0 Å². The predicted molar refractivity (Wildman–Crippen MR) is 24.2 cm³/mol. The third-order valence-corrected chi connectivity index (χ3v) is 2.56. The topological polar surface area (TPSA) is 12.0 Å². The van der Waals surface area contributed by atoms with Gasteiger partial charge in [0.25, 0.3) is 0 Å². The summed E-state index contributed by atoms with van der Waals surface area (Å²) >= 11 is 5.31. The molecule has 1 rings (SSSR count). The van der Waals surface area contributed by atoms with E-state index in [4.69, 9.17) is 0 Å². The SMILES string of the molecule is [Ag][CH]1NCCS1. The van der Waals surface area contributed by atoms with E-state index in [9.17, 15) is 0 Å². The fourth-order valence-electron chi connectivity index (χ4n) is 0.374. The van der Waals surface area contributed by atoms with Gasteiger partial charge in [-0.05, 0) is 0 Å². The first-order valence-electron chi connectivity index (χ1n) is 1.84. The van der Waals surface area contributed by atoms with Gasteiger partial charge in [0.2, 0.25) is 0 Å². The van der Waals surface area contributed by atoms with Gasteiger partial charge in [-0.2, -0.15) is 0 Å². The van der Waals surface area contributed by atoms with Gasteiger partial charge in [0.15, 0.2) is 0 Å². The van der Waals surface area contributed by atoms with Crippen LogP contribution in [0.1, 0.15) is 0 Å². The number of thioether (sulfide) groups is 1. The van der Waals surface area contributed by atoms with Crippen LogP contribution in [-0.4, -0.2) is 15.9 Å². The molecule has 0 aromatic carbocycles. The van der Waals surface area contributed by atoms with Gasteiger partial charge in [0.1, 0.15) is 0 Å². The molecule has 40 valence electrons. The van der Waals surface area contributed by atoms with E-state index >= 15 is 0 Å². The summed E-state index contributed by atoms with van der Waals surface area (Å²) in [6, 6.07) is 0. The van der Waals surface area contributed by atoms with Crippen LogP contribution < -0.4 is 5.32 Å². The first-order valence-corrected chi connectivity index (χ1v) is 3.75. The van der Waals surface area contributed by atoms with Crippen LogP contribution in [-0.2, 0) is 21.1 Å². The zero-order valence-electron chi connectivity index (χ0n) is 3.20. The molecule has 6 heavy (non-hydrogen) atoms. The van der Waals surface area contributed by atoms with E-state index in [1.165, 1.54) is 5.75 Å². The van der Waals surface area contributed by atoms with Crippen molar-refractivity contribution in [3.05, 3.63) is 0 Å². The van der Waals surface area contributed by atoms with Crippen molar-refractivity contribution in [2.24, 2.45) is 0 Å². The van der Waals surface area contributed by atoms with E-state index in [0.717, 1.165) is 6.54 Å². The third kappa shape index (κ3) is 1.28. The van der Waals surface area contributed by atoms with Crippen LogP contribution in [0.25, 0.3) is 0 Å². The molecule has 1 aliphatic rings. The second-order valence-corrected chi connectivity index (χ2v) is 3.70. The van der Waals surface area contributed by atoms with Crippen molar-refractivity contribution >= 4 is 11.8 Å². The summed E-state index contributed by atoms with van der Waals surface area (Å²) in [6.07, 6.45) is 0. The Morgan fingerprint density at radius 3 is 2.83 bits per heavy atom. The molecule has 1 heterocycles. The summed E-state index contributed by atoms with van der Waals surface area (Å²) < 4.78 is 0.523. The molecule has 0 radical (unpaired) electrons. The first kappa shape index (κ1) is 5.19. The van der Waals surface area contributed by atoms with Crippen LogP contribution in [0.3, 0.4) is 0 Å². The molecule has 0 spiro atoms. The molecule has 1 saturated heterocycles. The van der Waals surface area contributed by atoms with Crippen molar-refractivity contribution in [3.8, 4) is 0 Å². The zero-order valence-corrected chi connectivity index (χ0v) is 5.50. The van der Waals surface area contributed by atoms with Crippen molar-refractivity contribution in [3.63, 3.8) is 0 Å². The Labute approximate surface area is 54.2 Å². The van der Waals surface area contributed by atoms with E-state index < -0.39 is 0 Å². The van der Waals surface area contributed by atoms with Crippen LogP contribution in [0.15, 0.2) is 0 Å². The number of nitrogens with one attached hydrogen (secondary N) is 1. The molecular weight excluding hydrogens is 190 g/mol. The summed E-state index contributed by atoms with van der Waals surface area (Å²) in [5.41, 5.74) is 0. The molecule has 0 aromatic rings. The zero-order chi connectivity index (χ0) is 4.41. The number of rotatable bonds is 0. The fourth-order valence-corrected chi connectivity index (χ4v) is 1.77. The minimum atomic E-state index is 0.523. The number of hydrogen-bond acceptors (Lipinski definition) is 2. The monoisotopic (exact) mass is 195 g/mol. The molecule has 1 fully saturated rings. The van der Waals surface area contributed by atoms with E-state index in [0.29, 0.717) is 3.59 Å².